The van der Waals surface area contributed by atoms with Gasteiger partial charge in [-0.3, -0.25) is 47.9 Å². The summed E-state index contributed by atoms with van der Waals surface area (Å²) in [6.07, 6.45) is 1.39. The summed E-state index contributed by atoms with van der Waals surface area (Å²) in [5, 5.41) is 44.5. The van der Waals surface area contributed by atoms with Crippen LogP contribution in [0.15, 0.2) is 0 Å². The van der Waals surface area contributed by atoms with Gasteiger partial charge in [0.05, 0.1) is 31.8 Å². The van der Waals surface area contributed by atoms with Gasteiger partial charge in [-0.05, 0) is 83.1 Å². The molecule has 0 aromatic heterocycles. The number of hydrogen-bond donors (Lipinski definition) is 13. The molecular formula is C43H74N12O13. The van der Waals surface area contributed by atoms with Crippen LogP contribution < -0.4 is 58.9 Å². The highest BCUT2D eigenvalue weighted by molar-refractivity contribution is 5.97. The molecule has 0 aliphatic carbocycles. The Bertz CT molecular complexity index is 1780. The van der Waals surface area contributed by atoms with E-state index in [-0.39, 0.29) is 63.5 Å². The lowest BCUT2D eigenvalue weighted by molar-refractivity contribution is -0.144. The molecule has 0 bridgehead atoms. The van der Waals surface area contributed by atoms with Crippen LogP contribution in [0.1, 0.15) is 98.8 Å². The van der Waals surface area contributed by atoms with Gasteiger partial charge < -0.3 is 74.0 Å². The molecule has 0 aromatic rings. The third kappa shape index (κ3) is 20.9. The van der Waals surface area contributed by atoms with Crippen LogP contribution in [0.5, 0.6) is 0 Å². The number of carboxylic acids is 1. The standard InChI is InChI=1S/C43H74N12O13/c1-23(2)16-30(54-40(64)27(12-13-33(57)45-6)51-34(58)20-47-38(62)29-18-26(56)19-46-29)39(63)48-21-35(59)52-31(17-24(3)4)41(65)50-25(5)37(61)49-22-36(60)55-15-9-11-32(55)42(66)53-28(43(67)68)10-7-8-14-44/h23-32,46,56H,7-22,44H2,1-6H3,(H,45,57)(H,47,62)(H,48,63)(H,49,61)(H,50,65)(H,51,58)(H,52,59)(H,53,66)(H,54,64)(H,67,68)/t25-,26-,27-,28-,29-,30-,31-,32-/m0/s1. The maximum Gasteiger partial charge on any atom is 0.326 e. The fourth-order valence-electron chi connectivity index (χ4n) is 7.49. The van der Waals surface area contributed by atoms with Crippen LogP contribution in [0.3, 0.4) is 0 Å². The van der Waals surface area contributed by atoms with Gasteiger partial charge in [-0.25, -0.2) is 4.79 Å². The third-order valence-corrected chi connectivity index (χ3v) is 11.2. The molecule has 10 amide bonds. The van der Waals surface area contributed by atoms with Crippen LogP contribution in [0.2, 0.25) is 0 Å². The second kappa shape index (κ2) is 29.7. The second-order valence-corrected chi connectivity index (χ2v) is 17.9. The summed E-state index contributed by atoms with van der Waals surface area (Å²) in [6.45, 7) is 7.70. The minimum absolute atomic E-state index is 0.104. The van der Waals surface area contributed by atoms with Gasteiger partial charge in [0.1, 0.15) is 36.3 Å². The molecule has 14 N–H and O–H groups in total. The van der Waals surface area contributed by atoms with Crippen LogP contribution >= 0.6 is 0 Å². The number of aliphatic hydroxyl groups is 1. The molecule has 0 aromatic carbocycles. The summed E-state index contributed by atoms with van der Waals surface area (Å²) in [7, 11) is 1.40. The Hall–Kier alpha value is -5.95. The number of carbonyl (C=O) groups is 11. The Morgan fingerprint density at radius 2 is 1.25 bits per heavy atom. The van der Waals surface area contributed by atoms with Crippen LogP contribution in [-0.4, -0.2) is 175 Å². The van der Waals surface area contributed by atoms with Crippen molar-refractivity contribution in [3.05, 3.63) is 0 Å². The zero-order chi connectivity index (χ0) is 51.1. The molecule has 2 aliphatic heterocycles. The van der Waals surface area contributed by atoms with E-state index in [4.69, 9.17) is 5.73 Å². The minimum atomic E-state index is -1.30. The van der Waals surface area contributed by atoms with Crippen molar-refractivity contribution in [3.8, 4) is 0 Å². The fraction of sp³-hybridized carbons (Fsp3) is 0.744. The summed E-state index contributed by atoms with van der Waals surface area (Å²) in [5.74, 6) is -8.19. The van der Waals surface area contributed by atoms with E-state index < -0.39 is 133 Å². The van der Waals surface area contributed by atoms with Crippen molar-refractivity contribution >= 4 is 65.0 Å². The normalized spacial score (nSPS) is 18.8. The van der Waals surface area contributed by atoms with Crippen molar-refractivity contribution in [1.29, 1.82) is 0 Å². The number of carbonyl (C=O) groups excluding carboxylic acids is 10. The maximum absolute atomic E-state index is 13.5. The molecule has 8 atom stereocenters. The molecular weight excluding hydrogens is 893 g/mol. The molecule has 0 unspecified atom stereocenters. The molecule has 68 heavy (non-hydrogen) atoms. The smallest absolute Gasteiger partial charge is 0.326 e. The van der Waals surface area contributed by atoms with Gasteiger partial charge in [0.15, 0.2) is 0 Å². The first kappa shape index (κ1) is 58.2. The predicted octanol–water partition coefficient (Wildman–Crippen LogP) is -4.68. The van der Waals surface area contributed by atoms with E-state index in [0.717, 1.165) is 0 Å². The second-order valence-electron chi connectivity index (χ2n) is 17.9. The monoisotopic (exact) mass is 967 g/mol. The zero-order valence-corrected chi connectivity index (χ0v) is 40.0. The Morgan fingerprint density at radius 3 is 1.82 bits per heavy atom. The zero-order valence-electron chi connectivity index (χ0n) is 40.0. The van der Waals surface area contributed by atoms with Crippen molar-refractivity contribution in [1.82, 2.24) is 58.1 Å². The summed E-state index contributed by atoms with van der Waals surface area (Å²) < 4.78 is 0. The molecule has 2 fully saturated rings. The number of hydrogen-bond acceptors (Lipinski definition) is 14. The SMILES string of the molecule is CNC(=O)CC[C@H](NC(=O)CNC(=O)[C@@H]1C[C@H](O)CN1)C(=O)N[C@@H](CC(C)C)C(=O)NCC(=O)N[C@@H](CC(C)C)C(=O)N[C@@H](C)C(=O)NCC(=O)N1CCC[C@H]1C(=O)N[C@@H](CCCCN)C(=O)O. The molecule has 0 radical (unpaired) electrons. The topological polar surface area (TPSA) is 378 Å². The van der Waals surface area contributed by atoms with E-state index in [1.807, 2.05) is 0 Å². The Balaban J connectivity index is 1.99. The number of nitrogens with one attached hydrogen (secondary N) is 10. The van der Waals surface area contributed by atoms with Crippen LogP contribution in [0, 0.1) is 11.8 Å². The Morgan fingerprint density at radius 1 is 0.662 bits per heavy atom. The van der Waals surface area contributed by atoms with Crippen LogP contribution in [0.4, 0.5) is 0 Å². The van der Waals surface area contributed by atoms with Crippen LogP contribution in [0.25, 0.3) is 0 Å². The molecule has 2 aliphatic rings. The minimum Gasteiger partial charge on any atom is -0.480 e. The first-order valence-electron chi connectivity index (χ1n) is 23.2. The molecule has 0 spiro atoms. The number of nitrogens with zero attached hydrogens (tertiary/aromatic N) is 1. The number of likely N-dealkylation sites (tertiary alicyclic amines) is 1. The van der Waals surface area contributed by atoms with E-state index in [1.165, 1.54) is 18.9 Å². The van der Waals surface area contributed by atoms with Gasteiger partial charge in [0, 0.05) is 26.6 Å². The lowest BCUT2D eigenvalue weighted by Gasteiger charge is -2.26. The van der Waals surface area contributed by atoms with Crippen molar-refractivity contribution in [2.75, 3.05) is 46.3 Å². The Labute approximate surface area is 396 Å². The fourth-order valence-corrected chi connectivity index (χ4v) is 7.49. The quantitative estimate of drug-likeness (QED) is 0.0314. The highest BCUT2D eigenvalue weighted by atomic mass is 16.4. The van der Waals surface area contributed by atoms with Gasteiger partial charge in [-0.15, -0.1) is 0 Å². The first-order chi connectivity index (χ1) is 32.1. The molecule has 384 valence electrons. The number of amides is 10. The van der Waals surface area contributed by atoms with E-state index in [1.54, 1.807) is 27.7 Å². The Kier molecular flexibility index (Phi) is 25.4. The first-order valence-corrected chi connectivity index (χ1v) is 23.2. The van der Waals surface area contributed by atoms with E-state index in [0.29, 0.717) is 32.2 Å². The van der Waals surface area contributed by atoms with Crippen molar-refractivity contribution in [3.63, 3.8) is 0 Å². The number of β-amino-alcohol motifs (C(OH)–C–C–N with tert-alkyl or cyclic N) is 1. The van der Waals surface area contributed by atoms with Gasteiger partial charge >= 0.3 is 5.97 Å². The summed E-state index contributed by atoms with van der Waals surface area (Å²) in [4.78, 5) is 143. The number of aliphatic carboxylic acids is 1. The highest BCUT2D eigenvalue weighted by Gasteiger charge is 2.37. The third-order valence-electron chi connectivity index (χ3n) is 11.2. The average molecular weight is 967 g/mol. The number of carboxylic acid groups (broad SMARTS) is 1. The molecule has 0 saturated carbocycles. The summed E-state index contributed by atoms with van der Waals surface area (Å²) in [6, 6.07) is -7.63. The predicted molar refractivity (Wildman–Crippen MR) is 244 cm³/mol. The molecule has 25 heteroatoms. The number of aliphatic hydroxyl groups excluding tert-OH is 1. The van der Waals surface area contributed by atoms with Gasteiger partial charge in [0.25, 0.3) is 0 Å². The number of unbranched alkanes of at least 4 members (excludes halogenated alkanes) is 1. The van der Waals surface area contributed by atoms with Gasteiger partial charge in [-0.2, -0.15) is 0 Å². The van der Waals surface area contributed by atoms with Gasteiger partial charge in [0.2, 0.25) is 59.1 Å². The van der Waals surface area contributed by atoms with E-state index >= 15 is 0 Å². The number of nitrogens with two attached hydrogens (primary N) is 1. The summed E-state index contributed by atoms with van der Waals surface area (Å²) >= 11 is 0. The van der Waals surface area contributed by atoms with Gasteiger partial charge in [-0.1, -0.05) is 27.7 Å². The largest absolute Gasteiger partial charge is 0.480 e. The average Bonchev–Trinajstić information content (AvgIpc) is 3.96. The summed E-state index contributed by atoms with van der Waals surface area (Å²) in [5.41, 5.74) is 5.49. The van der Waals surface area contributed by atoms with Crippen LogP contribution in [-0.2, 0) is 52.7 Å². The van der Waals surface area contributed by atoms with E-state index in [2.05, 4.69) is 53.2 Å². The lowest BCUT2D eigenvalue weighted by Crippen LogP contribution is -2.57. The van der Waals surface area contributed by atoms with Crippen molar-refractivity contribution in [2.24, 2.45) is 17.6 Å². The highest BCUT2D eigenvalue weighted by Crippen LogP contribution is 2.18. The van der Waals surface area contributed by atoms with E-state index in [9.17, 15) is 63.0 Å². The molecule has 25 nitrogen and oxygen atoms in total. The number of rotatable bonds is 29. The molecule has 2 saturated heterocycles. The van der Waals surface area contributed by atoms with Crippen molar-refractivity contribution in [2.45, 2.75) is 147 Å². The molecule has 2 heterocycles. The maximum atomic E-state index is 13.5. The van der Waals surface area contributed by atoms with Crippen molar-refractivity contribution < 1.29 is 63.0 Å². The molecule has 2 rings (SSSR count). The lowest BCUT2D eigenvalue weighted by atomic mass is 10.0.